The summed E-state index contributed by atoms with van der Waals surface area (Å²) in [5, 5.41) is 19.8. The first-order valence-corrected chi connectivity index (χ1v) is 13.2. The molecule has 13 heteroatoms. The van der Waals surface area contributed by atoms with E-state index >= 15 is 0 Å². The summed E-state index contributed by atoms with van der Waals surface area (Å²) in [7, 11) is 0. The van der Waals surface area contributed by atoms with Crippen LogP contribution in [0.25, 0.3) is 5.41 Å². The predicted molar refractivity (Wildman–Crippen MR) is 150 cm³/mol. The van der Waals surface area contributed by atoms with E-state index in [0.29, 0.717) is 35.4 Å². The first-order chi connectivity index (χ1) is 20.0. The molecule has 0 aromatic heterocycles. The van der Waals surface area contributed by atoms with Crippen LogP contribution in [0.2, 0.25) is 0 Å². The normalized spacial score (nSPS) is 14.0. The van der Waals surface area contributed by atoms with Gasteiger partial charge in [0.25, 0.3) is 0 Å². The second kappa shape index (κ2) is 13.2. The second-order valence-electron chi connectivity index (χ2n) is 9.83. The van der Waals surface area contributed by atoms with Gasteiger partial charge in [-0.2, -0.15) is 18.4 Å². The minimum absolute atomic E-state index is 0.0597. The number of nitrogens with one attached hydrogen (secondary N) is 2. The van der Waals surface area contributed by atoms with Crippen molar-refractivity contribution >= 4 is 29.3 Å². The molecule has 42 heavy (non-hydrogen) atoms. The minimum atomic E-state index is -4.72. The van der Waals surface area contributed by atoms with Crippen molar-refractivity contribution in [3.8, 4) is 0 Å². The van der Waals surface area contributed by atoms with E-state index in [2.05, 4.69) is 21.0 Å². The molecule has 0 unspecified atom stereocenters. The standard InChI is InChI=1S/C29H28F4N7O2/c30-24-15-12-22(29(31,32)33)16-25(24)36-28(42)40(23-13-10-20(11-14-23)19-4-2-1-3-5-19)17-18-6-8-21(9-7-18)26(41)37-27(34)38-39-35/h6-16,19H,1-5,17H2,(H4-,34,35,36,37,38,41,42)/q-1. The fourth-order valence-electron chi connectivity index (χ4n) is 4.82. The van der Waals surface area contributed by atoms with Crippen LogP contribution in [-0.4, -0.2) is 17.9 Å². The molecule has 0 radical (unpaired) electrons. The summed E-state index contributed by atoms with van der Waals surface area (Å²) in [5.41, 5.74) is 0.554. The van der Waals surface area contributed by atoms with E-state index in [4.69, 9.17) is 5.84 Å². The van der Waals surface area contributed by atoms with Gasteiger partial charge < -0.3 is 21.9 Å². The molecule has 0 heterocycles. The SMILES string of the molecule is [N-]=C(/N=N\N)NC(=O)c1ccc(CN(C(=O)Nc2cc(C(F)(F)F)ccc2F)c2ccc(C3CCCCC3)cc2)cc1. The van der Waals surface area contributed by atoms with Crippen LogP contribution in [0.4, 0.5) is 33.7 Å². The summed E-state index contributed by atoms with van der Waals surface area (Å²) in [6, 6.07) is 14.3. The van der Waals surface area contributed by atoms with Crippen LogP contribution >= 0.6 is 0 Å². The lowest BCUT2D eigenvalue weighted by Gasteiger charge is -2.26. The maximum atomic E-state index is 14.5. The Labute approximate surface area is 239 Å². The van der Waals surface area contributed by atoms with Gasteiger partial charge in [-0.15, -0.1) is 0 Å². The van der Waals surface area contributed by atoms with Crippen LogP contribution < -0.4 is 21.4 Å². The predicted octanol–water partition coefficient (Wildman–Crippen LogP) is 7.11. The highest BCUT2D eigenvalue weighted by molar-refractivity contribution is 6.06. The van der Waals surface area contributed by atoms with Crippen molar-refractivity contribution in [2.24, 2.45) is 16.2 Å². The van der Waals surface area contributed by atoms with Gasteiger partial charge in [-0.1, -0.05) is 55.7 Å². The number of hydrogen-bond donors (Lipinski definition) is 3. The van der Waals surface area contributed by atoms with Crippen molar-refractivity contribution in [3.05, 3.63) is 100 Å². The first kappa shape index (κ1) is 30.2. The number of amides is 3. The molecule has 3 aromatic rings. The number of alkyl halides is 3. The van der Waals surface area contributed by atoms with E-state index in [1.807, 2.05) is 12.1 Å². The van der Waals surface area contributed by atoms with Gasteiger partial charge in [0.15, 0.2) is 0 Å². The van der Waals surface area contributed by atoms with Gasteiger partial charge >= 0.3 is 12.2 Å². The molecular weight excluding hydrogens is 554 g/mol. The fourth-order valence-corrected chi connectivity index (χ4v) is 4.82. The van der Waals surface area contributed by atoms with E-state index in [1.165, 1.54) is 23.5 Å². The third-order valence-corrected chi connectivity index (χ3v) is 7.00. The minimum Gasteiger partial charge on any atom is -0.377 e. The van der Waals surface area contributed by atoms with Crippen LogP contribution in [0.15, 0.2) is 77.1 Å². The maximum Gasteiger partial charge on any atom is 0.416 e. The van der Waals surface area contributed by atoms with Crippen molar-refractivity contribution < 1.29 is 27.2 Å². The first-order valence-electron chi connectivity index (χ1n) is 13.2. The van der Waals surface area contributed by atoms with E-state index in [9.17, 15) is 32.6 Å². The summed E-state index contributed by atoms with van der Waals surface area (Å²) < 4.78 is 54.1. The molecule has 1 saturated carbocycles. The van der Waals surface area contributed by atoms with Crippen molar-refractivity contribution in [3.63, 3.8) is 0 Å². The Balaban J connectivity index is 1.59. The number of guanidine groups is 1. The Hall–Kier alpha value is -4.81. The van der Waals surface area contributed by atoms with Gasteiger partial charge in [-0.25, -0.2) is 9.18 Å². The number of anilines is 2. The van der Waals surface area contributed by atoms with Crippen LogP contribution in [-0.2, 0) is 12.7 Å². The summed E-state index contributed by atoms with van der Waals surface area (Å²) in [6.45, 7) is -0.0597. The van der Waals surface area contributed by atoms with Crippen LogP contribution in [0.5, 0.6) is 0 Å². The molecule has 1 aliphatic rings. The Morgan fingerprint density at radius 2 is 1.64 bits per heavy atom. The highest BCUT2D eigenvalue weighted by Crippen LogP contribution is 2.34. The monoisotopic (exact) mass is 582 g/mol. The fraction of sp³-hybridized carbons (Fsp3) is 0.276. The van der Waals surface area contributed by atoms with Crippen molar-refractivity contribution in [2.45, 2.75) is 50.7 Å². The third kappa shape index (κ3) is 7.68. The van der Waals surface area contributed by atoms with Gasteiger partial charge in [-0.05, 0) is 60.2 Å². The lowest BCUT2D eigenvalue weighted by molar-refractivity contribution is -0.137. The number of carbonyl (C=O) groups excluding carboxylic acids is 2. The lowest BCUT2D eigenvalue weighted by atomic mass is 9.84. The largest absolute Gasteiger partial charge is 0.416 e. The molecule has 4 N–H and O–H groups in total. The zero-order chi connectivity index (χ0) is 30.3. The lowest BCUT2D eigenvalue weighted by Crippen LogP contribution is -2.35. The number of nitrogens with two attached hydrogens (primary N) is 1. The Morgan fingerprint density at radius 1 is 0.976 bits per heavy atom. The maximum absolute atomic E-state index is 14.5. The summed E-state index contributed by atoms with van der Waals surface area (Å²) in [4.78, 5) is 26.9. The highest BCUT2D eigenvalue weighted by atomic mass is 19.4. The third-order valence-electron chi connectivity index (χ3n) is 7.00. The molecule has 0 spiro atoms. The quantitative estimate of drug-likeness (QED) is 0.0714. The topological polar surface area (TPSA) is 134 Å². The summed E-state index contributed by atoms with van der Waals surface area (Å²) in [5.74, 6) is 2.73. The summed E-state index contributed by atoms with van der Waals surface area (Å²) in [6.07, 6.45) is 0.912. The number of carbonyl (C=O) groups is 2. The molecule has 0 atom stereocenters. The van der Waals surface area contributed by atoms with Gasteiger partial charge in [0.1, 0.15) is 5.82 Å². The summed E-state index contributed by atoms with van der Waals surface area (Å²) >= 11 is 0. The number of rotatable bonds is 6. The van der Waals surface area contributed by atoms with Gasteiger partial charge in [0.05, 0.1) is 17.8 Å². The Kier molecular flexibility index (Phi) is 9.50. The average Bonchev–Trinajstić information content (AvgIpc) is 2.97. The van der Waals surface area contributed by atoms with E-state index in [-0.39, 0.29) is 12.1 Å². The average molecular weight is 583 g/mol. The molecule has 0 aliphatic heterocycles. The zero-order valence-corrected chi connectivity index (χ0v) is 22.4. The van der Waals surface area contributed by atoms with E-state index in [1.54, 1.807) is 24.3 Å². The molecule has 0 bridgehead atoms. The second-order valence-corrected chi connectivity index (χ2v) is 9.83. The number of benzene rings is 3. The number of halogens is 4. The number of nitrogens with zero attached hydrogens (tertiary/aromatic N) is 4. The smallest absolute Gasteiger partial charge is 0.377 e. The zero-order valence-electron chi connectivity index (χ0n) is 22.4. The van der Waals surface area contributed by atoms with Gasteiger partial charge in [0, 0.05) is 17.2 Å². The van der Waals surface area contributed by atoms with Crippen LogP contribution in [0.3, 0.4) is 0 Å². The Morgan fingerprint density at radius 3 is 2.26 bits per heavy atom. The molecule has 9 nitrogen and oxygen atoms in total. The van der Waals surface area contributed by atoms with E-state index in [0.717, 1.165) is 31.2 Å². The molecule has 0 saturated heterocycles. The number of hydrogen-bond acceptors (Lipinski definition) is 3. The molecule has 4 rings (SSSR count). The van der Waals surface area contributed by atoms with Crippen molar-refractivity contribution in [2.75, 3.05) is 10.2 Å². The highest BCUT2D eigenvalue weighted by Gasteiger charge is 2.31. The molecular formula is C29H28F4N7O2-. The van der Waals surface area contributed by atoms with Crippen LogP contribution in [0.1, 0.15) is 65.1 Å². The van der Waals surface area contributed by atoms with Crippen LogP contribution in [0, 0.1) is 5.82 Å². The molecule has 3 amide bonds. The molecule has 220 valence electrons. The van der Waals surface area contributed by atoms with Crippen molar-refractivity contribution in [1.29, 1.82) is 0 Å². The molecule has 1 aliphatic carbocycles. The number of urea groups is 1. The van der Waals surface area contributed by atoms with Gasteiger partial charge in [0.2, 0.25) is 5.91 Å². The molecule has 3 aromatic carbocycles. The Bertz CT molecular complexity index is 1450. The van der Waals surface area contributed by atoms with E-state index < -0.39 is 41.1 Å². The molecule has 1 fully saturated rings. The van der Waals surface area contributed by atoms with Crippen molar-refractivity contribution in [1.82, 2.24) is 5.32 Å². The van der Waals surface area contributed by atoms with Gasteiger partial charge in [-0.3, -0.25) is 14.8 Å².